The Morgan fingerprint density at radius 2 is 2.00 bits per heavy atom. The maximum Gasteiger partial charge on any atom is 0.262 e. The first kappa shape index (κ1) is 17.1. The number of nitrogens with zero attached hydrogens (tertiary/aromatic N) is 3. The molecule has 0 aromatic heterocycles. The number of benzene rings is 2. The Bertz CT molecular complexity index is 937. The van der Waals surface area contributed by atoms with E-state index in [2.05, 4.69) is 10.3 Å². The number of rotatable bonds is 4. The third-order valence-electron chi connectivity index (χ3n) is 4.63. The van der Waals surface area contributed by atoms with E-state index < -0.39 is 0 Å². The largest absolute Gasteiger partial charge is 0.494 e. The van der Waals surface area contributed by atoms with E-state index in [1.54, 1.807) is 48.3 Å². The number of carbonyl (C=O) groups excluding carboxylic acids is 2. The van der Waals surface area contributed by atoms with Gasteiger partial charge >= 0.3 is 0 Å². The number of hydrogen-bond donors (Lipinski definition) is 1. The van der Waals surface area contributed by atoms with Crippen LogP contribution < -0.4 is 15.0 Å². The van der Waals surface area contributed by atoms with Crippen molar-refractivity contribution < 1.29 is 14.3 Å². The molecule has 2 aromatic carbocycles. The quantitative estimate of drug-likeness (QED) is 0.905. The van der Waals surface area contributed by atoms with Crippen LogP contribution in [0.1, 0.15) is 27.6 Å². The molecule has 0 unspecified atom stereocenters. The van der Waals surface area contributed by atoms with Gasteiger partial charge in [0.1, 0.15) is 5.75 Å². The average Bonchev–Trinajstić information content (AvgIpc) is 3.17. The van der Waals surface area contributed by atoms with E-state index in [0.29, 0.717) is 35.9 Å². The van der Waals surface area contributed by atoms with Crippen molar-refractivity contribution in [3.63, 3.8) is 0 Å². The minimum atomic E-state index is -0.238. The van der Waals surface area contributed by atoms with Crippen LogP contribution in [0.4, 0.5) is 11.4 Å². The van der Waals surface area contributed by atoms with Crippen molar-refractivity contribution in [2.45, 2.75) is 6.92 Å². The van der Waals surface area contributed by atoms with Gasteiger partial charge in [0.25, 0.3) is 11.8 Å². The molecule has 2 aliphatic heterocycles. The maximum absolute atomic E-state index is 12.7. The fourth-order valence-electron chi connectivity index (χ4n) is 3.32. The number of guanidine groups is 1. The van der Waals surface area contributed by atoms with Crippen molar-refractivity contribution in [2.75, 3.05) is 37.0 Å². The molecule has 4 rings (SSSR count). The Kier molecular flexibility index (Phi) is 4.27. The number of nitrogens with one attached hydrogen (secondary N) is 1. The molecule has 2 amide bonds. The van der Waals surface area contributed by atoms with Crippen molar-refractivity contribution in [2.24, 2.45) is 4.99 Å². The van der Waals surface area contributed by atoms with Gasteiger partial charge in [-0.25, -0.2) is 0 Å². The monoisotopic (exact) mass is 364 g/mol. The zero-order chi connectivity index (χ0) is 19.0. The summed E-state index contributed by atoms with van der Waals surface area (Å²) in [6, 6.07) is 12.3. The van der Waals surface area contributed by atoms with Crippen molar-refractivity contribution in [1.29, 1.82) is 0 Å². The number of hydrogen-bond acceptors (Lipinski definition) is 5. The highest BCUT2D eigenvalue weighted by Gasteiger charge is 2.35. The molecule has 27 heavy (non-hydrogen) atoms. The van der Waals surface area contributed by atoms with Gasteiger partial charge in [0.15, 0.2) is 0 Å². The standard InChI is InChI=1S/C20H20N4O3/c1-3-27-15-7-4-13(5-8-15)18(25)22-14-6-9-17-16(12-14)19(26)23(2)20-21-10-11-24(17)20/h4-9,12H,3,10-11H2,1-2H3,(H,22,25). The molecule has 0 radical (unpaired) electrons. The molecule has 0 saturated carbocycles. The zero-order valence-electron chi connectivity index (χ0n) is 15.2. The van der Waals surface area contributed by atoms with Gasteiger partial charge < -0.3 is 15.0 Å². The van der Waals surface area contributed by atoms with Crippen LogP contribution in [0.3, 0.4) is 0 Å². The van der Waals surface area contributed by atoms with Gasteiger partial charge in [0, 0.05) is 24.8 Å². The molecule has 0 aliphatic carbocycles. The summed E-state index contributed by atoms with van der Waals surface area (Å²) in [5.74, 6) is 1.04. The lowest BCUT2D eigenvalue weighted by Gasteiger charge is -2.33. The summed E-state index contributed by atoms with van der Waals surface area (Å²) < 4.78 is 5.39. The molecule has 0 atom stereocenters. The van der Waals surface area contributed by atoms with E-state index in [0.717, 1.165) is 18.0 Å². The Labute approximate surface area is 157 Å². The van der Waals surface area contributed by atoms with Gasteiger partial charge in [0.05, 0.1) is 24.4 Å². The Balaban J connectivity index is 1.56. The van der Waals surface area contributed by atoms with Crippen molar-refractivity contribution in [3.05, 3.63) is 53.6 Å². The second-order valence-electron chi connectivity index (χ2n) is 6.34. The second kappa shape index (κ2) is 6.75. The fraction of sp³-hybridized carbons (Fsp3) is 0.250. The van der Waals surface area contributed by atoms with E-state index >= 15 is 0 Å². The highest BCUT2D eigenvalue weighted by molar-refractivity contribution is 6.19. The van der Waals surface area contributed by atoms with Crippen LogP contribution in [0, 0.1) is 0 Å². The molecule has 7 heteroatoms. The second-order valence-corrected chi connectivity index (χ2v) is 6.34. The lowest BCUT2D eigenvalue weighted by molar-refractivity contribution is 0.0865. The summed E-state index contributed by atoms with van der Waals surface area (Å²) in [4.78, 5) is 33.1. The molecule has 0 fully saturated rings. The third-order valence-corrected chi connectivity index (χ3v) is 4.63. The lowest BCUT2D eigenvalue weighted by Crippen LogP contribution is -2.48. The Hall–Kier alpha value is -3.35. The molecule has 138 valence electrons. The number of fused-ring (bicyclic) bond motifs is 3. The number of carbonyl (C=O) groups is 2. The molecule has 1 N–H and O–H groups in total. The fourth-order valence-corrected chi connectivity index (χ4v) is 3.32. The van der Waals surface area contributed by atoms with Crippen molar-refractivity contribution >= 4 is 29.1 Å². The number of anilines is 2. The molecule has 2 aliphatic rings. The van der Waals surface area contributed by atoms with Gasteiger partial charge in [-0.1, -0.05) is 0 Å². The van der Waals surface area contributed by atoms with E-state index in [9.17, 15) is 9.59 Å². The number of ether oxygens (including phenoxy) is 1. The van der Waals surface area contributed by atoms with Crippen LogP contribution in [0.15, 0.2) is 47.5 Å². The SMILES string of the molecule is CCOc1ccc(C(=O)Nc2ccc3c(c2)C(=O)N(C)C2=NCCN23)cc1. The molecule has 0 bridgehead atoms. The molecule has 2 aromatic rings. The van der Waals surface area contributed by atoms with Crippen LogP contribution in [-0.2, 0) is 0 Å². The molecule has 0 spiro atoms. The smallest absolute Gasteiger partial charge is 0.262 e. The van der Waals surface area contributed by atoms with Gasteiger partial charge in [-0.05, 0) is 49.4 Å². The number of aliphatic imine (C=N–C) groups is 1. The average molecular weight is 364 g/mol. The van der Waals surface area contributed by atoms with Crippen LogP contribution in [0.5, 0.6) is 5.75 Å². The molecular formula is C20H20N4O3. The Morgan fingerprint density at radius 1 is 1.22 bits per heavy atom. The summed E-state index contributed by atoms with van der Waals surface area (Å²) in [6.45, 7) is 3.90. The van der Waals surface area contributed by atoms with E-state index in [4.69, 9.17) is 4.74 Å². The molecule has 2 heterocycles. The minimum Gasteiger partial charge on any atom is -0.494 e. The van der Waals surface area contributed by atoms with Crippen LogP contribution in [0.25, 0.3) is 0 Å². The van der Waals surface area contributed by atoms with Crippen LogP contribution >= 0.6 is 0 Å². The van der Waals surface area contributed by atoms with Crippen molar-refractivity contribution in [1.82, 2.24) is 4.90 Å². The highest BCUT2D eigenvalue weighted by Crippen LogP contribution is 2.32. The highest BCUT2D eigenvalue weighted by atomic mass is 16.5. The first-order valence-corrected chi connectivity index (χ1v) is 8.87. The normalized spacial score (nSPS) is 15.2. The van der Waals surface area contributed by atoms with E-state index in [1.807, 2.05) is 17.9 Å². The van der Waals surface area contributed by atoms with Gasteiger partial charge in [-0.3, -0.25) is 19.5 Å². The third kappa shape index (κ3) is 3.01. The zero-order valence-corrected chi connectivity index (χ0v) is 15.2. The first-order valence-electron chi connectivity index (χ1n) is 8.87. The molecular weight excluding hydrogens is 344 g/mol. The van der Waals surface area contributed by atoms with Crippen LogP contribution in [-0.4, -0.2) is 49.4 Å². The summed E-state index contributed by atoms with van der Waals surface area (Å²) in [5.41, 5.74) is 2.49. The Morgan fingerprint density at radius 3 is 2.74 bits per heavy atom. The molecule has 7 nitrogen and oxygen atoms in total. The van der Waals surface area contributed by atoms with Crippen molar-refractivity contribution in [3.8, 4) is 5.75 Å². The van der Waals surface area contributed by atoms with E-state index in [1.165, 1.54) is 0 Å². The lowest BCUT2D eigenvalue weighted by atomic mass is 10.1. The van der Waals surface area contributed by atoms with Gasteiger partial charge in [-0.2, -0.15) is 0 Å². The minimum absolute atomic E-state index is 0.126. The summed E-state index contributed by atoms with van der Waals surface area (Å²) in [5, 5.41) is 2.86. The summed E-state index contributed by atoms with van der Waals surface area (Å²) in [7, 11) is 1.72. The predicted octanol–water partition coefficient (Wildman–Crippen LogP) is 2.60. The molecule has 0 saturated heterocycles. The van der Waals surface area contributed by atoms with Crippen LogP contribution in [0.2, 0.25) is 0 Å². The maximum atomic E-state index is 12.7. The van der Waals surface area contributed by atoms with E-state index in [-0.39, 0.29) is 11.8 Å². The van der Waals surface area contributed by atoms with Gasteiger partial charge in [-0.15, -0.1) is 0 Å². The number of amides is 2. The summed E-state index contributed by atoms with van der Waals surface area (Å²) >= 11 is 0. The topological polar surface area (TPSA) is 74.2 Å². The first-order chi connectivity index (χ1) is 13.1. The van der Waals surface area contributed by atoms with Gasteiger partial charge in [0.2, 0.25) is 5.96 Å². The predicted molar refractivity (Wildman–Crippen MR) is 104 cm³/mol. The summed E-state index contributed by atoms with van der Waals surface area (Å²) in [6.07, 6.45) is 0.